The van der Waals surface area contributed by atoms with E-state index >= 15 is 4.39 Å². The standard InChI is InChI=1S/C23H20F4N6O3/c1-36-21-18(31-9-8-30-14-4-2-3-7-29-14)16(24)17(32-22(35)23(25,26)27)15-19(21)33(13-5-6-13)11-12(10-28)20(15)34/h2-4,7,11,13,31H,5-6,8-9H2,1H3,(H,29,30)(H,32,35). The molecule has 13 heteroatoms. The predicted octanol–water partition coefficient (Wildman–Crippen LogP) is 3.78. The monoisotopic (exact) mass is 504 g/mol. The van der Waals surface area contributed by atoms with Gasteiger partial charge in [-0.05, 0) is 25.0 Å². The first-order valence-electron chi connectivity index (χ1n) is 10.8. The van der Waals surface area contributed by atoms with Crippen molar-refractivity contribution in [3.63, 3.8) is 0 Å². The highest BCUT2D eigenvalue weighted by molar-refractivity contribution is 6.07. The molecule has 0 spiro atoms. The van der Waals surface area contributed by atoms with Crippen LogP contribution in [0.3, 0.4) is 0 Å². The maximum atomic E-state index is 15.7. The third-order valence-corrected chi connectivity index (χ3v) is 5.52. The SMILES string of the molecule is COc1c(NCCNc2ccccn2)c(F)c(NC(=O)C(F)(F)F)c2c(=O)c(C#N)cn(C3CC3)c12. The van der Waals surface area contributed by atoms with Crippen LogP contribution in [0, 0.1) is 17.1 Å². The molecule has 0 atom stereocenters. The van der Waals surface area contributed by atoms with E-state index in [9.17, 15) is 28.0 Å². The minimum Gasteiger partial charge on any atom is -0.492 e. The van der Waals surface area contributed by atoms with Gasteiger partial charge < -0.3 is 25.3 Å². The Hall–Kier alpha value is -4.34. The Labute approximate surface area is 201 Å². The first-order valence-corrected chi connectivity index (χ1v) is 10.8. The van der Waals surface area contributed by atoms with Crippen LogP contribution in [-0.4, -0.2) is 41.8 Å². The van der Waals surface area contributed by atoms with E-state index in [4.69, 9.17) is 4.74 Å². The van der Waals surface area contributed by atoms with E-state index in [-0.39, 0.29) is 36.1 Å². The van der Waals surface area contributed by atoms with Gasteiger partial charge in [0, 0.05) is 31.5 Å². The van der Waals surface area contributed by atoms with Gasteiger partial charge in [-0.15, -0.1) is 0 Å². The first kappa shape index (κ1) is 24.8. The fourth-order valence-electron chi connectivity index (χ4n) is 3.77. The quantitative estimate of drug-likeness (QED) is 0.315. The minimum atomic E-state index is -5.35. The van der Waals surface area contributed by atoms with Gasteiger partial charge in [-0.25, -0.2) is 9.37 Å². The molecule has 0 aliphatic heterocycles. The lowest BCUT2D eigenvalue weighted by Gasteiger charge is -2.22. The average Bonchev–Trinajstić information content (AvgIpc) is 3.69. The Balaban J connectivity index is 1.86. The van der Waals surface area contributed by atoms with Gasteiger partial charge in [-0.1, -0.05) is 6.07 Å². The third kappa shape index (κ3) is 4.74. The lowest BCUT2D eigenvalue weighted by Crippen LogP contribution is -2.31. The van der Waals surface area contributed by atoms with Crippen molar-refractivity contribution in [3.8, 4) is 11.8 Å². The number of rotatable bonds is 8. The van der Waals surface area contributed by atoms with E-state index in [1.165, 1.54) is 23.2 Å². The summed E-state index contributed by atoms with van der Waals surface area (Å²) < 4.78 is 61.8. The molecule has 1 amide bonds. The molecule has 1 aliphatic carbocycles. The maximum Gasteiger partial charge on any atom is 0.471 e. The van der Waals surface area contributed by atoms with Gasteiger partial charge in [0.2, 0.25) is 5.43 Å². The molecule has 1 aromatic carbocycles. The van der Waals surface area contributed by atoms with Gasteiger partial charge in [0.15, 0.2) is 11.6 Å². The molecule has 9 nitrogen and oxygen atoms in total. The summed E-state index contributed by atoms with van der Waals surface area (Å²) in [5, 5.41) is 16.1. The van der Waals surface area contributed by atoms with Gasteiger partial charge in [-0.2, -0.15) is 18.4 Å². The van der Waals surface area contributed by atoms with Gasteiger partial charge in [-0.3, -0.25) is 9.59 Å². The number of nitrogens with one attached hydrogen (secondary N) is 3. The highest BCUT2D eigenvalue weighted by atomic mass is 19.4. The van der Waals surface area contributed by atoms with E-state index in [1.807, 2.05) is 0 Å². The van der Waals surface area contributed by atoms with Crippen LogP contribution in [0.1, 0.15) is 24.4 Å². The van der Waals surface area contributed by atoms with Crippen LogP contribution in [0.4, 0.5) is 34.8 Å². The smallest absolute Gasteiger partial charge is 0.471 e. The zero-order valence-electron chi connectivity index (χ0n) is 18.9. The van der Waals surface area contributed by atoms with Crippen molar-refractivity contribution in [3.05, 3.63) is 52.2 Å². The normalized spacial score (nSPS) is 13.2. The second-order valence-electron chi connectivity index (χ2n) is 7.96. The number of fused-ring (bicyclic) bond motifs is 1. The highest BCUT2D eigenvalue weighted by Crippen LogP contribution is 2.45. The molecule has 0 unspecified atom stereocenters. The van der Waals surface area contributed by atoms with Gasteiger partial charge in [0.25, 0.3) is 0 Å². The van der Waals surface area contributed by atoms with E-state index in [0.29, 0.717) is 18.7 Å². The second kappa shape index (κ2) is 9.73. The van der Waals surface area contributed by atoms with Crippen molar-refractivity contribution in [2.24, 2.45) is 0 Å². The number of ether oxygens (including phenoxy) is 1. The van der Waals surface area contributed by atoms with Crippen molar-refractivity contribution < 1.29 is 27.1 Å². The molecular weight excluding hydrogens is 484 g/mol. The molecule has 1 saturated carbocycles. The van der Waals surface area contributed by atoms with Crippen LogP contribution in [0.15, 0.2) is 35.4 Å². The minimum absolute atomic E-state index is 0.0249. The van der Waals surface area contributed by atoms with Crippen LogP contribution >= 0.6 is 0 Å². The van der Waals surface area contributed by atoms with Crippen molar-refractivity contribution in [1.29, 1.82) is 5.26 Å². The van der Waals surface area contributed by atoms with Gasteiger partial charge in [0.1, 0.15) is 23.1 Å². The predicted molar refractivity (Wildman–Crippen MR) is 124 cm³/mol. The van der Waals surface area contributed by atoms with Crippen LogP contribution < -0.4 is 26.1 Å². The molecule has 0 saturated heterocycles. The number of alkyl halides is 3. The summed E-state index contributed by atoms with van der Waals surface area (Å²) in [7, 11) is 1.22. The van der Waals surface area contributed by atoms with Crippen molar-refractivity contribution >= 4 is 34.0 Å². The largest absolute Gasteiger partial charge is 0.492 e. The number of methoxy groups -OCH3 is 1. The number of benzene rings is 1. The number of hydrogen-bond donors (Lipinski definition) is 3. The van der Waals surface area contributed by atoms with E-state index in [0.717, 1.165) is 0 Å². The molecule has 36 heavy (non-hydrogen) atoms. The Bertz CT molecular complexity index is 1410. The van der Waals surface area contributed by atoms with E-state index in [1.54, 1.807) is 30.5 Å². The molecule has 3 N–H and O–H groups in total. The van der Waals surface area contributed by atoms with E-state index < -0.39 is 40.0 Å². The number of amides is 1. The second-order valence-corrected chi connectivity index (χ2v) is 7.96. The first-order chi connectivity index (χ1) is 17.2. The van der Waals surface area contributed by atoms with Gasteiger partial charge >= 0.3 is 12.1 Å². The summed E-state index contributed by atoms with van der Waals surface area (Å²) in [4.78, 5) is 28.9. The molecule has 0 radical (unpaired) electrons. The fourth-order valence-corrected chi connectivity index (χ4v) is 3.77. The molecule has 1 aliphatic rings. The topological polar surface area (TPSA) is 121 Å². The summed E-state index contributed by atoms with van der Waals surface area (Å²) in [6.07, 6.45) is -1.16. The molecule has 0 bridgehead atoms. The zero-order chi connectivity index (χ0) is 26.0. The lowest BCUT2D eigenvalue weighted by atomic mass is 10.1. The van der Waals surface area contributed by atoms with Crippen LogP contribution in [0.5, 0.6) is 5.75 Å². The maximum absolute atomic E-state index is 15.7. The summed E-state index contributed by atoms with van der Waals surface area (Å²) in [6, 6.07) is 6.71. The molecule has 188 valence electrons. The molecule has 2 heterocycles. The molecule has 2 aromatic heterocycles. The van der Waals surface area contributed by atoms with E-state index in [2.05, 4.69) is 15.6 Å². The Morgan fingerprint density at radius 3 is 2.56 bits per heavy atom. The van der Waals surface area contributed by atoms with Crippen molar-refractivity contribution in [2.75, 3.05) is 36.1 Å². The molecular formula is C23H20F4N6O3. The number of aromatic nitrogens is 2. The van der Waals surface area contributed by atoms with Crippen LogP contribution in [-0.2, 0) is 4.79 Å². The van der Waals surface area contributed by atoms with Crippen LogP contribution in [0.2, 0.25) is 0 Å². The Morgan fingerprint density at radius 1 is 1.25 bits per heavy atom. The number of nitrogens with zero attached hydrogens (tertiary/aromatic N) is 3. The number of hydrogen-bond acceptors (Lipinski definition) is 7. The third-order valence-electron chi connectivity index (χ3n) is 5.52. The fraction of sp³-hybridized carbons (Fsp3) is 0.304. The molecule has 1 fully saturated rings. The zero-order valence-corrected chi connectivity index (χ0v) is 18.9. The summed E-state index contributed by atoms with van der Waals surface area (Å²) in [6.45, 7) is 0.316. The number of anilines is 3. The van der Waals surface area contributed by atoms with Crippen molar-refractivity contribution in [1.82, 2.24) is 9.55 Å². The number of halogens is 4. The Kier molecular flexibility index (Phi) is 6.69. The Morgan fingerprint density at radius 2 is 1.97 bits per heavy atom. The van der Waals surface area contributed by atoms with Crippen LogP contribution in [0.25, 0.3) is 10.9 Å². The average molecular weight is 504 g/mol. The summed E-state index contributed by atoms with van der Waals surface area (Å²) in [5.74, 6) is -3.38. The van der Waals surface area contributed by atoms with Gasteiger partial charge in [0.05, 0.1) is 23.7 Å². The number of carbonyl (C=O) groups excluding carboxylic acids is 1. The number of pyridine rings is 2. The summed E-state index contributed by atoms with van der Waals surface area (Å²) in [5.41, 5.74) is -2.78. The number of carbonyl (C=O) groups is 1. The highest BCUT2D eigenvalue weighted by Gasteiger charge is 2.40. The number of nitriles is 1. The summed E-state index contributed by atoms with van der Waals surface area (Å²) >= 11 is 0. The molecule has 3 aromatic rings. The van der Waals surface area contributed by atoms with Crippen molar-refractivity contribution in [2.45, 2.75) is 25.1 Å². The molecule has 4 rings (SSSR count). The lowest BCUT2D eigenvalue weighted by molar-refractivity contribution is -0.167.